The number of carbonyl (C=O) groups is 2. The number of ether oxygens (including phenoxy) is 1. The minimum Gasteiger partial charge on any atom is -0.495 e. The Bertz CT molecular complexity index is 1200. The van der Waals surface area contributed by atoms with Crippen LogP contribution in [0.5, 0.6) is 5.75 Å². The van der Waals surface area contributed by atoms with Crippen molar-refractivity contribution in [3.05, 3.63) is 81.6 Å². The quantitative estimate of drug-likeness (QED) is 0.518. The number of halogens is 1. The average Bonchev–Trinajstić information content (AvgIpc) is 3.05. The molecule has 0 radical (unpaired) electrons. The van der Waals surface area contributed by atoms with Gasteiger partial charge in [-0.3, -0.25) is 9.59 Å². The van der Waals surface area contributed by atoms with Crippen LogP contribution in [-0.4, -0.2) is 47.7 Å². The van der Waals surface area contributed by atoms with Gasteiger partial charge < -0.3 is 15.0 Å². The molecule has 0 saturated carbocycles. The molecular formula is C25H27ClN4O3. The van der Waals surface area contributed by atoms with Crippen LogP contribution in [-0.2, 0) is 11.3 Å². The molecule has 0 spiro atoms. The highest BCUT2D eigenvalue weighted by Gasteiger charge is 2.14. The lowest BCUT2D eigenvalue weighted by molar-refractivity contribution is -0.111. The Morgan fingerprint density at radius 2 is 1.85 bits per heavy atom. The van der Waals surface area contributed by atoms with E-state index in [9.17, 15) is 9.59 Å². The second kappa shape index (κ2) is 10.4. The molecule has 1 N–H and O–H groups in total. The first kappa shape index (κ1) is 24.1. The molecule has 8 heteroatoms. The number of carbonyl (C=O) groups excluding carboxylic acids is 2. The number of nitrogens with zero attached hydrogens (tertiary/aromatic N) is 3. The van der Waals surface area contributed by atoms with E-state index in [1.807, 2.05) is 38.1 Å². The minimum absolute atomic E-state index is 0.174. The molecule has 1 heterocycles. The van der Waals surface area contributed by atoms with Crippen LogP contribution in [0.15, 0.2) is 48.5 Å². The van der Waals surface area contributed by atoms with Gasteiger partial charge in [-0.15, -0.1) is 0 Å². The Balaban J connectivity index is 1.77. The largest absolute Gasteiger partial charge is 0.495 e. The van der Waals surface area contributed by atoms with E-state index in [1.54, 1.807) is 43.1 Å². The number of nitrogens with one attached hydrogen (secondary N) is 1. The van der Waals surface area contributed by atoms with Crippen molar-refractivity contribution in [2.75, 3.05) is 26.5 Å². The zero-order chi connectivity index (χ0) is 24.1. The molecule has 3 rings (SSSR count). The van der Waals surface area contributed by atoms with Crippen molar-refractivity contribution < 1.29 is 14.3 Å². The van der Waals surface area contributed by atoms with Gasteiger partial charge in [0, 0.05) is 31.3 Å². The van der Waals surface area contributed by atoms with Crippen molar-refractivity contribution in [3.8, 4) is 5.75 Å². The summed E-state index contributed by atoms with van der Waals surface area (Å²) in [6, 6.07) is 13.0. The summed E-state index contributed by atoms with van der Waals surface area (Å²) in [5.41, 5.74) is 4.49. The first-order valence-corrected chi connectivity index (χ1v) is 10.7. The van der Waals surface area contributed by atoms with Gasteiger partial charge >= 0.3 is 0 Å². The molecule has 0 fully saturated rings. The van der Waals surface area contributed by atoms with E-state index in [1.165, 1.54) is 23.6 Å². The average molecular weight is 467 g/mol. The molecular weight excluding hydrogens is 440 g/mol. The highest BCUT2D eigenvalue weighted by atomic mass is 35.5. The lowest BCUT2D eigenvalue weighted by Gasteiger charge is -2.14. The standard InChI is InChI=1S/C25H27ClN4O3/c1-16-6-8-18(9-7-16)15-30-24(26)20(17(2)28-30)11-13-23(31)27-21-14-19(25(32)29(3)4)10-12-22(21)33-5/h6-14H,15H2,1-5H3,(H,27,31)/b13-11+. The molecule has 0 bridgehead atoms. The van der Waals surface area contributed by atoms with Crippen LogP contribution in [0.25, 0.3) is 6.08 Å². The summed E-state index contributed by atoms with van der Waals surface area (Å²) in [7, 11) is 4.83. The first-order chi connectivity index (χ1) is 15.7. The van der Waals surface area contributed by atoms with E-state index in [2.05, 4.69) is 10.4 Å². The number of aromatic nitrogens is 2. The van der Waals surface area contributed by atoms with Crippen molar-refractivity contribution in [2.24, 2.45) is 0 Å². The van der Waals surface area contributed by atoms with Crippen molar-refractivity contribution in [1.29, 1.82) is 0 Å². The van der Waals surface area contributed by atoms with Crippen LogP contribution in [0.1, 0.15) is 32.7 Å². The molecule has 0 atom stereocenters. The molecule has 0 aliphatic carbocycles. The van der Waals surface area contributed by atoms with Gasteiger partial charge in [0.15, 0.2) is 0 Å². The number of hydrogen-bond donors (Lipinski definition) is 1. The van der Waals surface area contributed by atoms with Crippen LogP contribution in [0.2, 0.25) is 5.15 Å². The van der Waals surface area contributed by atoms with Gasteiger partial charge in [-0.1, -0.05) is 41.4 Å². The smallest absolute Gasteiger partial charge is 0.253 e. The maximum Gasteiger partial charge on any atom is 0.253 e. The maximum absolute atomic E-state index is 12.6. The SMILES string of the molecule is COc1ccc(C(=O)N(C)C)cc1NC(=O)/C=C/c1c(C)nn(Cc2ccc(C)cc2)c1Cl. The van der Waals surface area contributed by atoms with Crippen LogP contribution in [0.4, 0.5) is 5.69 Å². The topological polar surface area (TPSA) is 76.5 Å². The van der Waals surface area contributed by atoms with Crippen LogP contribution in [0, 0.1) is 13.8 Å². The van der Waals surface area contributed by atoms with Gasteiger partial charge in [0.25, 0.3) is 5.91 Å². The summed E-state index contributed by atoms with van der Waals surface area (Å²) in [5, 5.41) is 7.72. The van der Waals surface area contributed by atoms with Crippen molar-refractivity contribution in [3.63, 3.8) is 0 Å². The molecule has 0 saturated heterocycles. The fourth-order valence-electron chi connectivity index (χ4n) is 3.26. The number of benzene rings is 2. The number of methoxy groups -OCH3 is 1. The Morgan fingerprint density at radius 1 is 1.15 bits per heavy atom. The summed E-state index contributed by atoms with van der Waals surface area (Å²) in [5.74, 6) is -0.108. The normalized spacial score (nSPS) is 11.0. The van der Waals surface area contributed by atoms with Gasteiger partial charge in [0.1, 0.15) is 10.9 Å². The van der Waals surface area contributed by atoms with Gasteiger partial charge in [-0.25, -0.2) is 4.68 Å². The number of hydrogen-bond acceptors (Lipinski definition) is 4. The third-order valence-electron chi connectivity index (χ3n) is 5.07. The highest BCUT2D eigenvalue weighted by Crippen LogP contribution is 2.27. The number of aryl methyl sites for hydroxylation is 2. The van der Waals surface area contributed by atoms with Crippen molar-refractivity contribution in [1.82, 2.24) is 14.7 Å². The molecule has 3 aromatic rings. The molecule has 33 heavy (non-hydrogen) atoms. The second-order valence-corrected chi connectivity index (χ2v) is 8.23. The Kier molecular flexibility index (Phi) is 7.55. The number of anilines is 1. The lowest BCUT2D eigenvalue weighted by atomic mass is 10.1. The summed E-state index contributed by atoms with van der Waals surface area (Å²) in [6.07, 6.45) is 3.01. The summed E-state index contributed by atoms with van der Waals surface area (Å²) in [6.45, 7) is 4.41. The van der Waals surface area contributed by atoms with Gasteiger partial charge in [-0.2, -0.15) is 5.10 Å². The van der Waals surface area contributed by atoms with Crippen LogP contribution in [0.3, 0.4) is 0 Å². The maximum atomic E-state index is 12.6. The van der Waals surface area contributed by atoms with Crippen LogP contribution >= 0.6 is 11.6 Å². The van der Waals surface area contributed by atoms with Crippen LogP contribution < -0.4 is 10.1 Å². The Morgan fingerprint density at radius 3 is 2.48 bits per heavy atom. The highest BCUT2D eigenvalue weighted by molar-refractivity contribution is 6.31. The molecule has 2 amide bonds. The molecule has 0 aliphatic heterocycles. The number of amides is 2. The van der Waals surface area contributed by atoms with E-state index in [-0.39, 0.29) is 11.8 Å². The van der Waals surface area contributed by atoms with E-state index in [0.717, 1.165) is 5.56 Å². The van der Waals surface area contributed by atoms with Gasteiger partial charge in [0.05, 0.1) is 25.0 Å². The molecule has 2 aromatic carbocycles. The summed E-state index contributed by atoms with van der Waals surface area (Å²) >= 11 is 6.54. The van der Waals surface area contributed by atoms with E-state index < -0.39 is 0 Å². The van der Waals surface area contributed by atoms with Gasteiger partial charge in [-0.05, 0) is 43.7 Å². The fraction of sp³-hybridized carbons (Fsp3) is 0.240. The predicted octanol–water partition coefficient (Wildman–Crippen LogP) is 4.56. The monoisotopic (exact) mass is 466 g/mol. The lowest BCUT2D eigenvalue weighted by Crippen LogP contribution is -2.22. The second-order valence-electron chi connectivity index (χ2n) is 7.87. The van der Waals surface area contributed by atoms with Gasteiger partial charge in [0.2, 0.25) is 5.91 Å². The zero-order valence-electron chi connectivity index (χ0n) is 19.3. The van der Waals surface area contributed by atoms with Crippen molar-refractivity contribution >= 4 is 35.2 Å². The molecule has 172 valence electrons. The minimum atomic E-state index is -0.385. The summed E-state index contributed by atoms with van der Waals surface area (Å²) in [4.78, 5) is 26.3. The molecule has 0 aliphatic rings. The first-order valence-electron chi connectivity index (χ1n) is 10.4. The third-order valence-corrected chi connectivity index (χ3v) is 5.47. The molecule has 0 unspecified atom stereocenters. The molecule has 7 nitrogen and oxygen atoms in total. The van der Waals surface area contributed by atoms with E-state index in [0.29, 0.717) is 40.0 Å². The fourth-order valence-corrected chi connectivity index (χ4v) is 3.56. The Hall–Kier alpha value is -3.58. The van der Waals surface area contributed by atoms with E-state index >= 15 is 0 Å². The zero-order valence-corrected chi connectivity index (χ0v) is 20.1. The van der Waals surface area contributed by atoms with Crippen molar-refractivity contribution in [2.45, 2.75) is 20.4 Å². The van der Waals surface area contributed by atoms with E-state index in [4.69, 9.17) is 16.3 Å². The Labute approximate surface area is 198 Å². The number of rotatable bonds is 7. The summed E-state index contributed by atoms with van der Waals surface area (Å²) < 4.78 is 7.02. The third kappa shape index (κ3) is 5.81. The molecule has 1 aromatic heterocycles. The predicted molar refractivity (Wildman–Crippen MR) is 131 cm³/mol.